The van der Waals surface area contributed by atoms with E-state index in [1.807, 2.05) is 16.8 Å². The third kappa shape index (κ3) is 4.84. The zero-order valence-electron chi connectivity index (χ0n) is 13.6. The number of aromatic nitrogens is 3. The van der Waals surface area contributed by atoms with Crippen molar-refractivity contribution in [1.82, 2.24) is 15.0 Å². The zero-order chi connectivity index (χ0) is 15.8. The second-order valence-corrected chi connectivity index (χ2v) is 5.61. The number of hydrogen-bond donors (Lipinski definition) is 1. The third-order valence-corrected chi connectivity index (χ3v) is 3.72. The smallest absolute Gasteiger partial charge is 0.119 e. The van der Waals surface area contributed by atoms with Gasteiger partial charge in [-0.2, -0.15) is 0 Å². The first kappa shape index (κ1) is 16.5. The van der Waals surface area contributed by atoms with Crippen molar-refractivity contribution in [2.24, 2.45) is 5.73 Å². The minimum atomic E-state index is 0.697. The molecule has 120 valence electrons. The van der Waals surface area contributed by atoms with Crippen molar-refractivity contribution < 1.29 is 4.74 Å². The maximum Gasteiger partial charge on any atom is 0.119 e. The first-order valence-electron chi connectivity index (χ1n) is 7.99. The standard InChI is InChI=1S/C17H26N4O/c1-14-7-5-8-16(13-14)22-12-4-3-11-21-15(2)17(19-20-21)9-6-10-18/h5,7-8,13H,3-4,6,9-12,18H2,1-2H3. The molecule has 0 atom stereocenters. The molecule has 0 aliphatic carbocycles. The Hall–Kier alpha value is -1.88. The van der Waals surface area contributed by atoms with Crippen molar-refractivity contribution >= 4 is 0 Å². The van der Waals surface area contributed by atoms with E-state index in [0.717, 1.165) is 56.0 Å². The highest BCUT2D eigenvalue weighted by Crippen LogP contribution is 2.13. The van der Waals surface area contributed by atoms with E-state index in [9.17, 15) is 0 Å². The van der Waals surface area contributed by atoms with E-state index in [2.05, 4.69) is 36.3 Å². The summed E-state index contributed by atoms with van der Waals surface area (Å²) in [5, 5.41) is 8.46. The number of unbranched alkanes of at least 4 members (excludes halogenated alkanes) is 1. The van der Waals surface area contributed by atoms with Gasteiger partial charge in [-0.1, -0.05) is 17.3 Å². The van der Waals surface area contributed by atoms with Crippen molar-refractivity contribution in [3.8, 4) is 5.75 Å². The summed E-state index contributed by atoms with van der Waals surface area (Å²) < 4.78 is 7.74. The summed E-state index contributed by atoms with van der Waals surface area (Å²) in [6.45, 7) is 6.47. The highest BCUT2D eigenvalue weighted by molar-refractivity contribution is 5.27. The van der Waals surface area contributed by atoms with Gasteiger partial charge < -0.3 is 10.5 Å². The zero-order valence-corrected chi connectivity index (χ0v) is 13.6. The Bertz CT molecular complexity index is 580. The van der Waals surface area contributed by atoms with Gasteiger partial charge in [0.1, 0.15) is 5.75 Å². The fourth-order valence-electron chi connectivity index (χ4n) is 2.37. The number of benzene rings is 1. The highest BCUT2D eigenvalue weighted by atomic mass is 16.5. The summed E-state index contributed by atoms with van der Waals surface area (Å²) in [5.41, 5.74) is 8.99. The molecule has 1 aromatic heterocycles. The maximum absolute atomic E-state index is 5.75. The first-order valence-corrected chi connectivity index (χ1v) is 7.99. The lowest BCUT2D eigenvalue weighted by atomic mass is 10.2. The van der Waals surface area contributed by atoms with Gasteiger partial charge in [0, 0.05) is 6.54 Å². The van der Waals surface area contributed by atoms with Gasteiger partial charge in [-0.05, 0) is 63.8 Å². The molecule has 0 unspecified atom stereocenters. The molecule has 0 aliphatic rings. The molecule has 0 spiro atoms. The van der Waals surface area contributed by atoms with Crippen LogP contribution in [0.25, 0.3) is 0 Å². The molecule has 0 aliphatic heterocycles. The fraction of sp³-hybridized carbons (Fsp3) is 0.529. The predicted octanol–water partition coefficient (Wildman–Crippen LogP) is 2.65. The van der Waals surface area contributed by atoms with Gasteiger partial charge in [0.2, 0.25) is 0 Å². The van der Waals surface area contributed by atoms with E-state index in [-0.39, 0.29) is 0 Å². The molecule has 5 heteroatoms. The SMILES string of the molecule is Cc1cccc(OCCCCn2nnc(CCCN)c2C)c1. The summed E-state index contributed by atoms with van der Waals surface area (Å²) in [4.78, 5) is 0. The molecular formula is C17H26N4O. The van der Waals surface area contributed by atoms with Gasteiger partial charge in [0.05, 0.1) is 18.0 Å². The van der Waals surface area contributed by atoms with E-state index in [4.69, 9.17) is 10.5 Å². The van der Waals surface area contributed by atoms with Crippen LogP contribution in [0, 0.1) is 13.8 Å². The van der Waals surface area contributed by atoms with Crippen molar-refractivity contribution in [2.75, 3.05) is 13.2 Å². The molecule has 0 saturated carbocycles. The van der Waals surface area contributed by atoms with Crippen LogP contribution in [-0.4, -0.2) is 28.1 Å². The molecule has 0 amide bonds. The molecule has 0 radical (unpaired) electrons. The number of hydrogen-bond acceptors (Lipinski definition) is 4. The van der Waals surface area contributed by atoms with E-state index in [0.29, 0.717) is 6.54 Å². The molecule has 22 heavy (non-hydrogen) atoms. The van der Waals surface area contributed by atoms with E-state index >= 15 is 0 Å². The third-order valence-electron chi connectivity index (χ3n) is 3.72. The number of ether oxygens (including phenoxy) is 1. The molecular weight excluding hydrogens is 276 g/mol. The number of nitrogens with two attached hydrogens (primary N) is 1. The van der Waals surface area contributed by atoms with Gasteiger partial charge in [-0.3, -0.25) is 0 Å². The monoisotopic (exact) mass is 302 g/mol. The Morgan fingerprint density at radius 1 is 1.18 bits per heavy atom. The lowest BCUT2D eigenvalue weighted by Crippen LogP contribution is -2.06. The molecule has 2 rings (SSSR count). The van der Waals surface area contributed by atoms with Crippen LogP contribution in [0.2, 0.25) is 0 Å². The van der Waals surface area contributed by atoms with Crippen LogP contribution in [0.4, 0.5) is 0 Å². The molecule has 1 heterocycles. The summed E-state index contributed by atoms with van der Waals surface area (Å²) in [5.74, 6) is 0.945. The molecule has 0 fully saturated rings. The first-order chi connectivity index (χ1) is 10.7. The minimum absolute atomic E-state index is 0.697. The largest absolute Gasteiger partial charge is 0.494 e. The molecule has 5 nitrogen and oxygen atoms in total. The summed E-state index contributed by atoms with van der Waals surface area (Å²) in [6, 6.07) is 8.15. The van der Waals surface area contributed by atoms with Crippen molar-refractivity contribution in [2.45, 2.75) is 46.1 Å². The van der Waals surface area contributed by atoms with Crippen LogP contribution < -0.4 is 10.5 Å². The number of aryl methyl sites for hydroxylation is 3. The van der Waals surface area contributed by atoms with Crippen LogP contribution in [0.15, 0.2) is 24.3 Å². The number of nitrogens with zero attached hydrogens (tertiary/aromatic N) is 3. The van der Waals surface area contributed by atoms with Gasteiger partial charge in [0.25, 0.3) is 0 Å². The van der Waals surface area contributed by atoms with Crippen molar-refractivity contribution in [1.29, 1.82) is 0 Å². The van der Waals surface area contributed by atoms with Crippen LogP contribution in [0.3, 0.4) is 0 Å². The van der Waals surface area contributed by atoms with Crippen LogP contribution in [0.5, 0.6) is 5.75 Å². The molecule has 0 saturated heterocycles. The maximum atomic E-state index is 5.75. The highest BCUT2D eigenvalue weighted by Gasteiger charge is 2.07. The van der Waals surface area contributed by atoms with Gasteiger partial charge >= 0.3 is 0 Å². The second-order valence-electron chi connectivity index (χ2n) is 5.61. The number of rotatable bonds is 9. The molecule has 2 N–H and O–H groups in total. The Morgan fingerprint density at radius 3 is 2.82 bits per heavy atom. The molecule has 2 aromatic rings. The van der Waals surface area contributed by atoms with Crippen LogP contribution >= 0.6 is 0 Å². The quantitative estimate of drug-likeness (QED) is 0.723. The topological polar surface area (TPSA) is 66.0 Å². The van der Waals surface area contributed by atoms with E-state index < -0.39 is 0 Å². The molecule has 0 bridgehead atoms. The lowest BCUT2D eigenvalue weighted by Gasteiger charge is -2.07. The average molecular weight is 302 g/mol. The minimum Gasteiger partial charge on any atom is -0.494 e. The van der Waals surface area contributed by atoms with Crippen molar-refractivity contribution in [3.63, 3.8) is 0 Å². The second kappa shape index (κ2) is 8.54. The molecule has 1 aromatic carbocycles. The summed E-state index contributed by atoms with van der Waals surface area (Å²) in [7, 11) is 0. The Kier molecular flexibility index (Phi) is 6.40. The van der Waals surface area contributed by atoms with Gasteiger partial charge in [0.15, 0.2) is 0 Å². The Balaban J connectivity index is 1.69. The van der Waals surface area contributed by atoms with Crippen molar-refractivity contribution in [3.05, 3.63) is 41.2 Å². The van der Waals surface area contributed by atoms with Crippen LogP contribution in [-0.2, 0) is 13.0 Å². The van der Waals surface area contributed by atoms with Crippen LogP contribution in [0.1, 0.15) is 36.2 Å². The fourth-order valence-corrected chi connectivity index (χ4v) is 2.37. The summed E-state index contributed by atoms with van der Waals surface area (Å²) >= 11 is 0. The van der Waals surface area contributed by atoms with Gasteiger partial charge in [-0.25, -0.2) is 4.68 Å². The van der Waals surface area contributed by atoms with Gasteiger partial charge in [-0.15, -0.1) is 5.10 Å². The Labute approximate surface area is 132 Å². The summed E-state index contributed by atoms with van der Waals surface area (Å²) in [6.07, 6.45) is 3.92. The lowest BCUT2D eigenvalue weighted by molar-refractivity contribution is 0.301. The average Bonchev–Trinajstić information content (AvgIpc) is 2.85. The van der Waals surface area contributed by atoms with E-state index in [1.165, 1.54) is 5.56 Å². The Morgan fingerprint density at radius 2 is 2.05 bits per heavy atom. The van der Waals surface area contributed by atoms with E-state index in [1.54, 1.807) is 0 Å². The predicted molar refractivity (Wildman–Crippen MR) is 88.0 cm³/mol. The normalized spacial score (nSPS) is 10.9.